The Balaban J connectivity index is 1.79. The van der Waals surface area contributed by atoms with Crippen LogP contribution < -0.4 is 20.1 Å². The Bertz CT molecular complexity index is 656. The molecule has 0 saturated heterocycles. The molecule has 2 rings (SSSR count). The average molecular weight is 342 g/mol. The second-order valence-corrected chi connectivity index (χ2v) is 5.68. The fourth-order valence-electron chi connectivity index (χ4n) is 2.25. The van der Waals surface area contributed by atoms with Gasteiger partial charge in [-0.1, -0.05) is 37.6 Å². The van der Waals surface area contributed by atoms with Crippen molar-refractivity contribution in [3.05, 3.63) is 54.1 Å². The molecule has 1 amide bonds. The van der Waals surface area contributed by atoms with Crippen LogP contribution in [0.3, 0.4) is 0 Å². The lowest BCUT2D eigenvalue weighted by Crippen LogP contribution is -2.29. The number of anilines is 1. The Morgan fingerprint density at radius 1 is 1.08 bits per heavy atom. The summed E-state index contributed by atoms with van der Waals surface area (Å²) in [4.78, 5) is 12.0. The van der Waals surface area contributed by atoms with Gasteiger partial charge in [-0.25, -0.2) is 0 Å². The molecule has 0 bridgehead atoms. The van der Waals surface area contributed by atoms with E-state index in [0.29, 0.717) is 13.2 Å². The second-order valence-electron chi connectivity index (χ2n) is 5.68. The molecule has 0 fully saturated rings. The molecular formula is C20H26N2O3. The van der Waals surface area contributed by atoms with E-state index in [2.05, 4.69) is 17.6 Å². The Morgan fingerprint density at radius 2 is 1.84 bits per heavy atom. The summed E-state index contributed by atoms with van der Waals surface area (Å²) < 4.78 is 10.9. The van der Waals surface area contributed by atoms with Crippen molar-refractivity contribution in [2.75, 3.05) is 25.6 Å². The molecule has 2 aromatic rings. The molecule has 2 aromatic carbocycles. The number of carbonyl (C=O) groups is 1. The van der Waals surface area contributed by atoms with Crippen molar-refractivity contribution in [2.24, 2.45) is 0 Å². The van der Waals surface area contributed by atoms with E-state index in [1.165, 1.54) is 0 Å². The molecule has 25 heavy (non-hydrogen) atoms. The number of para-hydroxylation sites is 2. The fraction of sp³-hybridized carbons (Fsp3) is 0.350. The lowest BCUT2D eigenvalue weighted by atomic mass is 10.2. The minimum atomic E-state index is -0.0702. The molecule has 0 spiro atoms. The van der Waals surface area contributed by atoms with E-state index >= 15 is 0 Å². The topological polar surface area (TPSA) is 59.6 Å². The predicted octanol–water partition coefficient (Wildman–Crippen LogP) is 3.60. The minimum Gasteiger partial charge on any atom is -0.497 e. The Kier molecular flexibility index (Phi) is 7.63. The van der Waals surface area contributed by atoms with Gasteiger partial charge in [0.05, 0.1) is 25.9 Å². The maximum Gasteiger partial charge on any atom is 0.239 e. The zero-order valence-corrected chi connectivity index (χ0v) is 14.9. The van der Waals surface area contributed by atoms with Gasteiger partial charge < -0.3 is 20.1 Å². The first kappa shape index (κ1) is 18.6. The highest BCUT2D eigenvalue weighted by atomic mass is 16.5. The number of carbonyl (C=O) groups excluding carboxylic acids is 1. The van der Waals surface area contributed by atoms with Crippen LogP contribution in [-0.2, 0) is 11.3 Å². The number of hydrogen-bond donors (Lipinski definition) is 2. The first-order chi connectivity index (χ1) is 12.2. The van der Waals surface area contributed by atoms with E-state index in [4.69, 9.17) is 9.47 Å². The lowest BCUT2D eigenvalue weighted by Gasteiger charge is -2.13. The third kappa shape index (κ3) is 6.37. The molecule has 0 aromatic heterocycles. The van der Waals surface area contributed by atoms with Crippen molar-refractivity contribution in [1.29, 1.82) is 0 Å². The smallest absolute Gasteiger partial charge is 0.239 e. The first-order valence-electron chi connectivity index (χ1n) is 8.58. The van der Waals surface area contributed by atoms with E-state index in [1.807, 2.05) is 48.5 Å². The van der Waals surface area contributed by atoms with E-state index in [-0.39, 0.29) is 12.5 Å². The minimum absolute atomic E-state index is 0.0702. The van der Waals surface area contributed by atoms with Crippen LogP contribution in [-0.4, -0.2) is 26.2 Å². The number of methoxy groups -OCH3 is 1. The summed E-state index contributed by atoms with van der Waals surface area (Å²) in [6.45, 7) is 3.49. The monoisotopic (exact) mass is 342 g/mol. The van der Waals surface area contributed by atoms with Crippen LogP contribution in [0.1, 0.15) is 25.3 Å². The van der Waals surface area contributed by atoms with Crippen molar-refractivity contribution in [3.8, 4) is 11.5 Å². The van der Waals surface area contributed by atoms with Gasteiger partial charge in [-0.05, 0) is 36.2 Å². The molecule has 2 N–H and O–H groups in total. The summed E-state index contributed by atoms with van der Waals surface area (Å²) in [5, 5.41) is 6.03. The summed E-state index contributed by atoms with van der Waals surface area (Å²) in [6, 6.07) is 15.3. The van der Waals surface area contributed by atoms with Crippen LogP contribution in [0.15, 0.2) is 48.5 Å². The van der Waals surface area contributed by atoms with Crippen LogP contribution in [0.5, 0.6) is 11.5 Å². The average Bonchev–Trinajstić information content (AvgIpc) is 2.66. The molecule has 5 nitrogen and oxygen atoms in total. The Hall–Kier alpha value is -2.69. The molecule has 0 aliphatic rings. The molecule has 0 saturated carbocycles. The van der Waals surface area contributed by atoms with Gasteiger partial charge in [-0.2, -0.15) is 0 Å². The van der Waals surface area contributed by atoms with E-state index in [0.717, 1.165) is 35.6 Å². The number of nitrogens with one attached hydrogen (secondary N) is 2. The van der Waals surface area contributed by atoms with Gasteiger partial charge in [0.2, 0.25) is 5.91 Å². The van der Waals surface area contributed by atoms with Gasteiger partial charge in [0, 0.05) is 6.54 Å². The summed E-state index contributed by atoms with van der Waals surface area (Å²) in [6.07, 6.45) is 2.10. The van der Waals surface area contributed by atoms with Crippen LogP contribution in [0.2, 0.25) is 0 Å². The number of ether oxygens (including phenoxy) is 2. The van der Waals surface area contributed by atoms with Crippen LogP contribution >= 0.6 is 0 Å². The van der Waals surface area contributed by atoms with Gasteiger partial charge in [0.1, 0.15) is 11.5 Å². The molecule has 0 radical (unpaired) electrons. The number of rotatable bonds is 10. The van der Waals surface area contributed by atoms with E-state index in [9.17, 15) is 4.79 Å². The number of hydrogen-bond acceptors (Lipinski definition) is 4. The predicted molar refractivity (Wildman–Crippen MR) is 100 cm³/mol. The molecule has 0 atom stereocenters. The number of unbranched alkanes of at least 4 members (excludes halogenated alkanes) is 1. The fourth-order valence-corrected chi connectivity index (χ4v) is 2.25. The number of amides is 1. The molecule has 0 aliphatic heterocycles. The summed E-state index contributed by atoms with van der Waals surface area (Å²) in [7, 11) is 1.63. The first-order valence-corrected chi connectivity index (χ1v) is 8.58. The van der Waals surface area contributed by atoms with Gasteiger partial charge >= 0.3 is 0 Å². The lowest BCUT2D eigenvalue weighted by molar-refractivity contribution is -0.119. The van der Waals surface area contributed by atoms with Crippen molar-refractivity contribution in [1.82, 2.24) is 5.32 Å². The molecule has 134 valence electrons. The molecular weight excluding hydrogens is 316 g/mol. The summed E-state index contributed by atoms with van der Waals surface area (Å²) in [5.41, 5.74) is 1.86. The zero-order valence-electron chi connectivity index (χ0n) is 14.9. The van der Waals surface area contributed by atoms with Crippen LogP contribution in [0, 0.1) is 0 Å². The standard InChI is InChI=1S/C20H26N2O3/c1-3-4-13-25-19-8-6-5-7-18(19)21-15-20(23)22-14-16-9-11-17(24-2)12-10-16/h5-12,21H,3-4,13-15H2,1-2H3,(H,22,23). The van der Waals surface area contributed by atoms with Gasteiger partial charge in [-0.15, -0.1) is 0 Å². The van der Waals surface area contributed by atoms with Gasteiger partial charge in [0.25, 0.3) is 0 Å². The highest BCUT2D eigenvalue weighted by molar-refractivity contribution is 5.81. The second kappa shape index (κ2) is 10.2. The highest BCUT2D eigenvalue weighted by Crippen LogP contribution is 2.23. The van der Waals surface area contributed by atoms with E-state index < -0.39 is 0 Å². The maximum absolute atomic E-state index is 12.0. The van der Waals surface area contributed by atoms with Crippen molar-refractivity contribution in [3.63, 3.8) is 0 Å². The van der Waals surface area contributed by atoms with Crippen molar-refractivity contribution >= 4 is 11.6 Å². The Morgan fingerprint density at radius 3 is 2.56 bits per heavy atom. The maximum atomic E-state index is 12.0. The third-order valence-electron chi connectivity index (χ3n) is 3.73. The molecule has 5 heteroatoms. The Labute approximate surface area is 149 Å². The number of benzene rings is 2. The largest absolute Gasteiger partial charge is 0.497 e. The summed E-state index contributed by atoms with van der Waals surface area (Å²) >= 11 is 0. The van der Waals surface area contributed by atoms with Crippen molar-refractivity contribution in [2.45, 2.75) is 26.3 Å². The van der Waals surface area contributed by atoms with Gasteiger partial charge in [-0.3, -0.25) is 4.79 Å². The summed E-state index contributed by atoms with van der Waals surface area (Å²) in [5.74, 6) is 1.51. The van der Waals surface area contributed by atoms with E-state index in [1.54, 1.807) is 7.11 Å². The highest BCUT2D eigenvalue weighted by Gasteiger charge is 2.06. The quantitative estimate of drug-likeness (QED) is 0.648. The zero-order chi connectivity index (χ0) is 17.9. The SMILES string of the molecule is CCCCOc1ccccc1NCC(=O)NCc1ccc(OC)cc1. The normalized spacial score (nSPS) is 10.2. The van der Waals surface area contributed by atoms with Gasteiger partial charge in [0.15, 0.2) is 0 Å². The molecule has 0 aliphatic carbocycles. The molecule has 0 heterocycles. The van der Waals surface area contributed by atoms with Crippen LogP contribution in [0.25, 0.3) is 0 Å². The van der Waals surface area contributed by atoms with Crippen molar-refractivity contribution < 1.29 is 14.3 Å². The third-order valence-corrected chi connectivity index (χ3v) is 3.73. The van der Waals surface area contributed by atoms with Crippen LogP contribution in [0.4, 0.5) is 5.69 Å². The molecule has 0 unspecified atom stereocenters.